The Hall–Kier alpha value is -3.38. The van der Waals surface area contributed by atoms with Crippen LogP contribution in [0.25, 0.3) is 16.8 Å². The Morgan fingerprint density at radius 1 is 1.07 bits per heavy atom. The highest BCUT2D eigenvalue weighted by Crippen LogP contribution is 2.30. The van der Waals surface area contributed by atoms with E-state index in [0.717, 1.165) is 16.8 Å². The summed E-state index contributed by atoms with van der Waals surface area (Å²) in [5.41, 5.74) is 2.78. The third-order valence-electron chi connectivity index (χ3n) is 4.50. The normalized spacial score (nSPS) is 11.9. The van der Waals surface area contributed by atoms with Gasteiger partial charge in [-0.15, -0.1) is 10.2 Å². The number of benzene rings is 2. The van der Waals surface area contributed by atoms with Crippen molar-refractivity contribution >= 4 is 23.2 Å². The SMILES string of the molecule is CC(NC(=O)COc1ccc(-c2ccccc2)cc1Cl)c1nnc2ccccn12. The van der Waals surface area contributed by atoms with Gasteiger partial charge in [0.2, 0.25) is 0 Å². The van der Waals surface area contributed by atoms with Crippen LogP contribution in [0.4, 0.5) is 0 Å². The molecule has 7 heteroatoms. The molecule has 0 saturated heterocycles. The summed E-state index contributed by atoms with van der Waals surface area (Å²) < 4.78 is 7.45. The number of ether oxygens (including phenoxy) is 1. The van der Waals surface area contributed by atoms with Crippen LogP contribution < -0.4 is 10.1 Å². The maximum absolute atomic E-state index is 12.3. The van der Waals surface area contributed by atoms with E-state index in [0.29, 0.717) is 16.6 Å². The Kier molecular flexibility index (Phi) is 5.44. The number of aromatic nitrogens is 3. The van der Waals surface area contributed by atoms with E-state index in [9.17, 15) is 4.79 Å². The van der Waals surface area contributed by atoms with Gasteiger partial charge in [0.15, 0.2) is 18.1 Å². The molecule has 4 rings (SSSR count). The first kappa shape index (κ1) is 19.0. The number of carbonyl (C=O) groups is 1. The van der Waals surface area contributed by atoms with Crippen molar-refractivity contribution < 1.29 is 9.53 Å². The Balaban J connectivity index is 1.38. The highest BCUT2D eigenvalue weighted by atomic mass is 35.5. The number of nitrogens with one attached hydrogen (secondary N) is 1. The molecule has 0 fully saturated rings. The van der Waals surface area contributed by atoms with Gasteiger partial charge in [-0.3, -0.25) is 9.20 Å². The van der Waals surface area contributed by atoms with E-state index in [2.05, 4.69) is 15.5 Å². The van der Waals surface area contributed by atoms with E-state index >= 15 is 0 Å². The van der Waals surface area contributed by atoms with E-state index in [4.69, 9.17) is 16.3 Å². The van der Waals surface area contributed by atoms with Gasteiger partial charge >= 0.3 is 0 Å². The van der Waals surface area contributed by atoms with E-state index in [1.54, 1.807) is 6.07 Å². The lowest BCUT2D eigenvalue weighted by atomic mass is 10.1. The van der Waals surface area contributed by atoms with Gasteiger partial charge in [-0.05, 0) is 42.3 Å². The van der Waals surface area contributed by atoms with E-state index in [1.165, 1.54) is 0 Å². The van der Waals surface area contributed by atoms with Crippen molar-refractivity contribution in [2.45, 2.75) is 13.0 Å². The third kappa shape index (κ3) is 4.22. The number of pyridine rings is 1. The van der Waals surface area contributed by atoms with Crippen LogP contribution >= 0.6 is 11.6 Å². The number of hydrogen-bond acceptors (Lipinski definition) is 4. The molecule has 0 spiro atoms. The van der Waals surface area contributed by atoms with Gasteiger partial charge in [0.05, 0.1) is 11.1 Å². The predicted octanol–water partition coefficient (Wildman–Crippen LogP) is 4.31. The highest BCUT2D eigenvalue weighted by Gasteiger charge is 2.16. The average Bonchev–Trinajstić information content (AvgIpc) is 3.18. The van der Waals surface area contributed by atoms with Crippen LogP contribution in [0.5, 0.6) is 5.75 Å². The summed E-state index contributed by atoms with van der Waals surface area (Å²) in [6.07, 6.45) is 1.86. The average molecular weight is 407 g/mol. The van der Waals surface area contributed by atoms with Crippen LogP contribution in [0, 0.1) is 0 Å². The van der Waals surface area contributed by atoms with Gasteiger partial charge in [-0.2, -0.15) is 0 Å². The molecule has 0 saturated carbocycles. The Labute approximate surface area is 173 Å². The maximum Gasteiger partial charge on any atom is 0.258 e. The zero-order valence-electron chi connectivity index (χ0n) is 15.7. The lowest BCUT2D eigenvalue weighted by molar-refractivity contribution is -0.123. The second kappa shape index (κ2) is 8.32. The van der Waals surface area contributed by atoms with Crippen molar-refractivity contribution in [1.29, 1.82) is 0 Å². The number of carbonyl (C=O) groups excluding carboxylic acids is 1. The number of nitrogens with zero attached hydrogens (tertiary/aromatic N) is 3. The molecule has 2 heterocycles. The second-order valence-corrected chi connectivity index (χ2v) is 6.98. The van der Waals surface area contributed by atoms with E-state index in [-0.39, 0.29) is 18.6 Å². The molecule has 4 aromatic rings. The molecule has 2 aromatic heterocycles. The first-order chi connectivity index (χ1) is 14.1. The van der Waals surface area contributed by atoms with E-state index < -0.39 is 0 Å². The minimum absolute atomic E-state index is 0.147. The molecule has 1 unspecified atom stereocenters. The van der Waals surface area contributed by atoms with Crippen LogP contribution in [0.3, 0.4) is 0 Å². The lowest BCUT2D eigenvalue weighted by Crippen LogP contribution is -2.32. The zero-order chi connectivity index (χ0) is 20.2. The van der Waals surface area contributed by atoms with Gasteiger partial charge in [-0.1, -0.05) is 54.1 Å². The van der Waals surface area contributed by atoms with Crippen molar-refractivity contribution in [3.8, 4) is 16.9 Å². The Bertz CT molecular complexity index is 1140. The number of hydrogen-bond donors (Lipinski definition) is 1. The molecule has 146 valence electrons. The van der Waals surface area contributed by atoms with Gasteiger partial charge in [0.25, 0.3) is 5.91 Å². The maximum atomic E-state index is 12.3. The van der Waals surface area contributed by atoms with Gasteiger partial charge in [0.1, 0.15) is 5.75 Å². The predicted molar refractivity (Wildman–Crippen MR) is 112 cm³/mol. The van der Waals surface area contributed by atoms with Crippen LogP contribution in [-0.2, 0) is 4.79 Å². The molecule has 1 atom stereocenters. The van der Waals surface area contributed by atoms with E-state index in [1.807, 2.05) is 78.2 Å². The summed E-state index contributed by atoms with van der Waals surface area (Å²) in [5, 5.41) is 11.6. The smallest absolute Gasteiger partial charge is 0.258 e. The number of rotatable bonds is 6. The molecular formula is C22H19ClN4O2. The fourth-order valence-corrected chi connectivity index (χ4v) is 3.31. The molecule has 29 heavy (non-hydrogen) atoms. The molecule has 2 aromatic carbocycles. The summed E-state index contributed by atoms with van der Waals surface area (Å²) in [6, 6.07) is 20.7. The first-order valence-electron chi connectivity index (χ1n) is 9.18. The second-order valence-electron chi connectivity index (χ2n) is 6.58. The van der Waals surface area contributed by atoms with Crippen LogP contribution in [0.15, 0.2) is 72.9 Å². The van der Waals surface area contributed by atoms with Crippen molar-refractivity contribution in [3.63, 3.8) is 0 Å². The Morgan fingerprint density at radius 3 is 2.66 bits per heavy atom. The molecule has 0 aliphatic carbocycles. The molecular weight excluding hydrogens is 388 g/mol. The molecule has 1 amide bonds. The molecule has 6 nitrogen and oxygen atoms in total. The van der Waals surface area contributed by atoms with Crippen molar-refractivity contribution in [2.75, 3.05) is 6.61 Å². The molecule has 0 bridgehead atoms. The monoisotopic (exact) mass is 406 g/mol. The minimum Gasteiger partial charge on any atom is -0.482 e. The summed E-state index contributed by atoms with van der Waals surface area (Å²) in [4.78, 5) is 12.3. The topological polar surface area (TPSA) is 68.5 Å². The summed E-state index contributed by atoms with van der Waals surface area (Å²) in [5.74, 6) is 0.842. The number of fused-ring (bicyclic) bond motifs is 1. The van der Waals surface area contributed by atoms with Crippen molar-refractivity contribution in [1.82, 2.24) is 19.9 Å². The van der Waals surface area contributed by atoms with Crippen LogP contribution in [0.1, 0.15) is 18.8 Å². The Morgan fingerprint density at radius 2 is 1.86 bits per heavy atom. The summed E-state index contributed by atoms with van der Waals surface area (Å²) in [6.45, 7) is 1.70. The molecule has 1 N–H and O–H groups in total. The highest BCUT2D eigenvalue weighted by molar-refractivity contribution is 6.32. The molecule has 0 radical (unpaired) electrons. The molecule has 0 aliphatic heterocycles. The largest absolute Gasteiger partial charge is 0.482 e. The fraction of sp³-hybridized carbons (Fsp3) is 0.136. The third-order valence-corrected chi connectivity index (χ3v) is 4.80. The van der Waals surface area contributed by atoms with Crippen LogP contribution in [-0.4, -0.2) is 27.1 Å². The van der Waals surface area contributed by atoms with Crippen molar-refractivity contribution in [3.05, 3.63) is 83.8 Å². The van der Waals surface area contributed by atoms with Crippen LogP contribution in [0.2, 0.25) is 5.02 Å². The van der Waals surface area contributed by atoms with Gasteiger partial charge < -0.3 is 10.1 Å². The lowest BCUT2D eigenvalue weighted by Gasteiger charge is -2.14. The fourth-order valence-electron chi connectivity index (χ4n) is 3.07. The van der Waals surface area contributed by atoms with Gasteiger partial charge in [-0.25, -0.2) is 0 Å². The first-order valence-corrected chi connectivity index (χ1v) is 9.56. The number of halogens is 1. The standard InChI is InChI=1S/C22H19ClN4O2/c1-15(22-26-25-20-9-5-6-12-27(20)22)24-21(28)14-29-19-11-10-17(13-18(19)23)16-7-3-2-4-8-16/h2-13,15H,14H2,1H3,(H,24,28). The quantitative estimate of drug-likeness (QED) is 0.518. The molecule has 0 aliphatic rings. The number of amides is 1. The van der Waals surface area contributed by atoms with Crippen molar-refractivity contribution in [2.24, 2.45) is 0 Å². The van der Waals surface area contributed by atoms with Gasteiger partial charge in [0, 0.05) is 6.20 Å². The minimum atomic E-state index is -0.320. The summed E-state index contributed by atoms with van der Waals surface area (Å²) >= 11 is 6.34. The summed E-state index contributed by atoms with van der Waals surface area (Å²) in [7, 11) is 0. The zero-order valence-corrected chi connectivity index (χ0v) is 16.5.